The van der Waals surface area contributed by atoms with E-state index in [1.54, 1.807) is 24.3 Å². The zero-order valence-electron chi connectivity index (χ0n) is 8.31. The fourth-order valence-corrected chi connectivity index (χ4v) is 1.51. The van der Waals surface area contributed by atoms with Gasteiger partial charge in [-0.3, -0.25) is 9.79 Å². The van der Waals surface area contributed by atoms with Crippen molar-refractivity contribution in [2.75, 3.05) is 0 Å². The monoisotopic (exact) mass is 245 g/mol. The fourth-order valence-electron chi connectivity index (χ4n) is 1.14. The van der Waals surface area contributed by atoms with Gasteiger partial charge in [0.1, 0.15) is 6.04 Å². The van der Waals surface area contributed by atoms with Gasteiger partial charge in [0.2, 0.25) is 0 Å². The molecule has 1 rings (SSSR count). The molecule has 0 radical (unpaired) electrons. The summed E-state index contributed by atoms with van der Waals surface area (Å²) in [7, 11) is -4.81. The molecule has 0 spiro atoms. The molecule has 16 heavy (non-hydrogen) atoms. The quantitative estimate of drug-likeness (QED) is 0.653. The summed E-state index contributed by atoms with van der Waals surface area (Å²) < 4.78 is 14.3. The van der Waals surface area contributed by atoms with Crippen LogP contribution in [0.25, 0.3) is 0 Å². The first-order valence-corrected chi connectivity index (χ1v) is 6.00. The molecular weight excluding hydrogens is 233 g/mol. The maximum absolute atomic E-state index is 11.1. The van der Waals surface area contributed by atoms with Gasteiger partial charge in [0, 0.05) is 0 Å². The van der Waals surface area contributed by atoms with Gasteiger partial charge in [0.05, 0.1) is 0 Å². The van der Waals surface area contributed by atoms with Gasteiger partial charge in [-0.05, 0) is 12.0 Å². The van der Waals surface area contributed by atoms with Crippen LogP contribution in [0.5, 0.6) is 0 Å². The molecule has 1 unspecified atom stereocenters. The third-order valence-electron chi connectivity index (χ3n) is 1.81. The van der Waals surface area contributed by atoms with E-state index in [4.69, 9.17) is 15.5 Å². The van der Waals surface area contributed by atoms with E-state index in [0.717, 1.165) is 5.56 Å². The molecule has 0 aliphatic heterocycles. The maximum atomic E-state index is 11.1. The van der Waals surface area contributed by atoms with E-state index in [1.165, 1.54) is 0 Å². The molecule has 0 bridgehead atoms. The van der Waals surface area contributed by atoms with Gasteiger partial charge >= 0.3 is 13.8 Å². The number of hydrogen-bond acceptors (Lipinski definition) is 4. The lowest BCUT2D eigenvalue weighted by Crippen LogP contribution is -2.33. The second kappa shape index (κ2) is 5.23. The van der Waals surface area contributed by atoms with Gasteiger partial charge in [-0.1, -0.05) is 30.3 Å². The van der Waals surface area contributed by atoms with Gasteiger partial charge in [-0.2, -0.15) is 0 Å². The molecule has 6 nitrogen and oxygen atoms in total. The molecule has 0 amide bonds. The third kappa shape index (κ3) is 4.55. The van der Waals surface area contributed by atoms with Crippen LogP contribution in [0.2, 0.25) is 0 Å². The average molecular weight is 245 g/mol. The van der Waals surface area contributed by atoms with Gasteiger partial charge < -0.3 is 10.3 Å². The van der Waals surface area contributed by atoms with Crippen LogP contribution in [0.15, 0.2) is 30.3 Å². The predicted octanol–water partition coefficient (Wildman–Crippen LogP) is 0.192. The lowest BCUT2D eigenvalue weighted by Gasteiger charge is -2.11. The van der Waals surface area contributed by atoms with Crippen molar-refractivity contribution in [1.82, 2.24) is 0 Å². The Morgan fingerprint density at radius 3 is 2.44 bits per heavy atom. The summed E-state index contributed by atoms with van der Waals surface area (Å²) in [5, 5.41) is 0. The summed E-state index contributed by atoms with van der Waals surface area (Å²) in [5.41, 5.74) is 6.23. The van der Waals surface area contributed by atoms with Crippen molar-refractivity contribution >= 4 is 13.8 Å². The number of nitrogens with two attached hydrogens (primary N) is 1. The molecule has 4 N–H and O–H groups in total. The van der Waals surface area contributed by atoms with Crippen molar-refractivity contribution in [3.05, 3.63) is 35.9 Å². The van der Waals surface area contributed by atoms with Crippen LogP contribution in [0.4, 0.5) is 0 Å². The topological polar surface area (TPSA) is 110 Å². The van der Waals surface area contributed by atoms with Crippen LogP contribution >= 0.6 is 7.82 Å². The molecule has 0 aliphatic rings. The van der Waals surface area contributed by atoms with E-state index in [1.807, 2.05) is 6.07 Å². The van der Waals surface area contributed by atoms with Crippen LogP contribution in [-0.4, -0.2) is 21.8 Å². The van der Waals surface area contributed by atoms with Crippen molar-refractivity contribution < 1.29 is 23.7 Å². The summed E-state index contributed by atoms with van der Waals surface area (Å²) in [4.78, 5) is 28.0. The molecule has 1 atom stereocenters. The summed E-state index contributed by atoms with van der Waals surface area (Å²) in [6.45, 7) is 0. The zero-order chi connectivity index (χ0) is 12.2. The number of rotatable bonds is 4. The van der Waals surface area contributed by atoms with Crippen molar-refractivity contribution in [3.8, 4) is 0 Å². The third-order valence-corrected chi connectivity index (χ3v) is 2.23. The Balaban J connectivity index is 2.56. The molecule has 0 aliphatic carbocycles. The molecule has 0 heterocycles. The SMILES string of the molecule is NC(Cc1ccccc1)C(=O)OP(=O)(O)O. The van der Waals surface area contributed by atoms with E-state index in [2.05, 4.69) is 4.52 Å². The number of phosphoric ester groups is 1. The van der Waals surface area contributed by atoms with Crippen LogP contribution in [-0.2, 0) is 20.3 Å². The highest BCUT2D eigenvalue weighted by Crippen LogP contribution is 2.36. The molecule has 1 aromatic carbocycles. The van der Waals surface area contributed by atoms with Crippen LogP contribution in [0.1, 0.15) is 5.56 Å². The molecule has 0 saturated carbocycles. The van der Waals surface area contributed by atoms with Gasteiger partial charge in [0.25, 0.3) is 0 Å². The van der Waals surface area contributed by atoms with E-state index in [-0.39, 0.29) is 6.42 Å². The largest absolute Gasteiger partial charge is 0.527 e. The average Bonchev–Trinajstić information content (AvgIpc) is 2.16. The molecule has 0 fully saturated rings. The van der Waals surface area contributed by atoms with E-state index < -0.39 is 19.8 Å². The molecule has 88 valence electrons. The second-order valence-corrected chi connectivity index (χ2v) is 4.36. The van der Waals surface area contributed by atoms with E-state index in [0.29, 0.717) is 0 Å². The Labute approximate surface area is 92.3 Å². The van der Waals surface area contributed by atoms with E-state index in [9.17, 15) is 9.36 Å². The molecule has 7 heteroatoms. The second-order valence-electron chi connectivity index (χ2n) is 3.20. The van der Waals surface area contributed by atoms with Gasteiger partial charge in [-0.15, -0.1) is 0 Å². The van der Waals surface area contributed by atoms with Crippen molar-refractivity contribution in [3.63, 3.8) is 0 Å². The Kier molecular flexibility index (Phi) is 4.20. The minimum absolute atomic E-state index is 0.166. The normalized spacial score (nSPS) is 13.2. The summed E-state index contributed by atoms with van der Waals surface area (Å²) in [6.07, 6.45) is 0.166. The number of carbonyl (C=O) groups is 1. The lowest BCUT2D eigenvalue weighted by atomic mass is 10.1. The van der Waals surface area contributed by atoms with Gasteiger partial charge in [-0.25, -0.2) is 9.36 Å². The maximum Gasteiger partial charge on any atom is 0.527 e. The first-order chi connectivity index (χ1) is 7.38. The first kappa shape index (κ1) is 12.9. The Morgan fingerprint density at radius 1 is 1.38 bits per heavy atom. The van der Waals surface area contributed by atoms with E-state index >= 15 is 0 Å². The minimum Gasteiger partial charge on any atom is -0.369 e. The number of hydrogen-bond donors (Lipinski definition) is 3. The number of benzene rings is 1. The standard InChI is InChI=1S/C9H12NO5P/c10-8(9(11)15-16(12,13)14)6-7-4-2-1-3-5-7/h1-5,8H,6,10H2,(H2,12,13,14). The summed E-state index contributed by atoms with van der Waals surface area (Å²) in [5.74, 6) is -1.11. The van der Waals surface area contributed by atoms with Crippen molar-refractivity contribution in [2.45, 2.75) is 12.5 Å². The van der Waals surface area contributed by atoms with Gasteiger partial charge in [0.15, 0.2) is 0 Å². The van der Waals surface area contributed by atoms with Crippen molar-refractivity contribution in [1.29, 1.82) is 0 Å². The highest BCUT2D eigenvalue weighted by atomic mass is 31.2. The van der Waals surface area contributed by atoms with Crippen molar-refractivity contribution in [2.24, 2.45) is 5.73 Å². The molecular formula is C9H12NO5P. The first-order valence-electron chi connectivity index (χ1n) is 4.47. The Bertz CT molecular complexity index is 402. The predicted molar refractivity (Wildman–Crippen MR) is 56.3 cm³/mol. The van der Waals surface area contributed by atoms with Crippen LogP contribution < -0.4 is 5.73 Å². The Hall–Kier alpha value is -1.20. The smallest absolute Gasteiger partial charge is 0.369 e. The summed E-state index contributed by atoms with van der Waals surface area (Å²) >= 11 is 0. The summed E-state index contributed by atoms with van der Waals surface area (Å²) in [6, 6.07) is 7.78. The minimum atomic E-state index is -4.81. The zero-order valence-corrected chi connectivity index (χ0v) is 9.21. The molecule has 0 saturated heterocycles. The lowest BCUT2D eigenvalue weighted by molar-refractivity contribution is -0.137. The number of phosphoric acid groups is 1. The van der Waals surface area contributed by atoms with Crippen LogP contribution in [0.3, 0.4) is 0 Å². The number of carbonyl (C=O) groups excluding carboxylic acids is 1. The molecule has 1 aromatic rings. The fraction of sp³-hybridized carbons (Fsp3) is 0.222. The highest BCUT2D eigenvalue weighted by molar-refractivity contribution is 7.46. The highest BCUT2D eigenvalue weighted by Gasteiger charge is 2.25. The Morgan fingerprint density at radius 2 is 1.94 bits per heavy atom. The molecule has 0 aromatic heterocycles. The van der Waals surface area contributed by atoms with Crippen LogP contribution in [0, 0.1) is 0 Å².